The number of carbonyl (C=O) groups is 2. The first kappa shape index (κ1) is 24.5. The van der Waals surface area contributed by atoms with Gasteiger partial charge in [-0.15, -0.1) is 0 Å². The smallest absolute Gasteiger partial charge is 0.261 e. The SMILES string of the molecule is COc1c(Br)cccc1CBr.COc1c(Br)cccc1CN1C(=O)c2ccccc2C1=O. The number of hydrogen-bond acceptors (Lipinski definition) is 4. The van der Waals surface area contributed by atoms with Crippen molar-refractivity contribution in [2.75, 3.05) is 14.2 Å². The highest BCUT2D eigenvalue weighted by Crippen LogP contribution is 2.32. The molecular weight excluding hydrogens is 606 g/mol. The molecule has 0 fully saturated rings. The summed E-state index contributed by atoms with van der Waals surface area (Å²) in [5.74, 6) is 1.01. The predicted octanol–water partition coefficient (Wildman–Crippen LogP) is 6.61. The van der Waals surface area contributed by atoms with E-state index >= 15 is 0 Å². The zero-order valence-electron chi connectivity index (χ0n) is 17.4. The van der Waals surface area contributed by atoms with Crippen LogP contribution < -0.4 is 9.47 Å². The highest BCUT2D eigenvalue weighted by molar-refractivity contribution is 9.11. The monoisotopic (exact) mass is 623 g/mol. The molecule has 3 aromatic rings. The van der Waals surface area contributed by atoms with Gasteiger partial charge in [0.1, 0.15) is 11.5 Å². The minimum Gasteiger partial charge on any atom is -0.495 e. The van der Waals surface area contributed by atoms with Crippen LogP contribution in [-0.4, -0.2) is 30.9 Å². The zero-order valence-corrected chi connectivity index (χ0v) is 22.2. The Morgan fingerprint density at radius 3 is 1.62 bits per heavy atom. The third-order valence-electron chi connectivity index (χ3n) is 4.86. The molecule has 0 unspecified atom stereocenters. The van der Waals surface area contributed by atoms with Gasteiger partial charge in [-0.1, -0.05) is 52.3 Å². The van der Waals surface area contributed by atoms with E-state index in [9.17, 15) is 9.59 Å². The van der Waals surface area contributed by atoms with Crippen LogP contribution in [0.25, 0.3) is 0 Å². The van der Waals surface area contributed by atoms with Crippen molar-refractivity contribution >= 4 is 59.6 Å². The molecule has 0 atom stereocenters. The summed E-state index contributed by atoms with van der Waals surface area (Å²) in [5.41, 5.74) is 2.84. The minimum absolute atomic E-state index is 0.189. The van der Waals surface area contributed by atoms with Crippen LogP contribution in [0.1, 0.15) is 31.8 Å². The minimum atomic E-state index is -0.266. The summed E-state index contributed by atoms with van der Waals surface area (Å²) in [6.45, 7) is 0.189. The molecule has 0 spiro atoms. The third-order valence-corrected chi connectivity index (χ3v) is 6.71. The molecule has 32 heavy (non-hydrogen) atoms. The maximum absolute atomic E-state index is 12.3. The van der Waals surface area contributed by atoms with Crippen molar-refractivity contribution in [2.45, 2.75) is 11.9 Å². The number of fused-ring (bicyclic) bond motifs is 1. The molecule has 1 aliphatic rings. The number of imide groups is 1. The van der Waals surface area contributed by atoms with Gasteiger partial charge in [0.15, 0.2) is 0 Å². The van der Waals surface area contributed by atoms with Gasteiger partial charge in [-0.3, -0.25) is 14.5 Å². The van der Waals surface area contributed by atoms with Crippen molar-refractivity contribution in [2.24, 2.45) is 0 Å². The topological polar surface area (TPSA) is 55.8 Å². The van der Waals surface area contributed by atoms with Gasteiger partial charge < -0.3 is 9.47 Å². The maximum atomic E-state index is 12.3. The van der Waals surface area contributed by atoms with E-state index in [4.69, 9.17) is 9.47 Å². The van der Waals surface area contributed by atoms with Crippen molar-refractivity contribution < 1.29 is 19.1 Å². The molecule has 1 aliphatic heterocycles. The summed E-state index contributed by atoms with van der Waals surface area (Å²) in [4.78, 5) is 25.9. The molecule has 4 rings (SSSR count). The van der Waals surface area contributed by atoms with E-state index in [0.29, 0.717) is 16.9 Å². The first-order chi connectivity index (χ1) is 15.4. The molecule has 166 valence electrons. The molecule has 0 saturated heterocycles. The number of nitrogens with zero attached hydrogens (tertiary/aromatic N) is 1. The van der Waals surface area contributed by atoms with Crippen molar-refractivity contribution in [3.8, 4) is 11.5 Å². The lowest BCUT2D eigenvalue weighted by Crippen LogP contribution is -2.29. The quantitative estimate of drug-likeness (QED) is 0.237. The van der Waals surface area contributed by atoms with Crippen LogP contribution in [0.2, 0.25) is 0 Å². The molecule has 0 aliphatic carbocycles. The van der Waals surface area contributed by atoms with Crippen LogP contribution in [0.15, 0.2) is 69.6 Å². The molecule has 1 heterocycles. The van der Waals surface area contributed by atoms with E-state index in [2.05, 4.69) is 47.8 Å². The lowest BCUT2D eigenvalue weighted by Gasteiger charge is -2.16. The van der Waals surface area contributed by atoms with Crippen molar-refractivity contribution in [3.63, 3.8) is 0 Å². The summed E-state index contributed by atoms with van der Waals surface area (Å²) in [6.07, 6.45) is 0. The summed E-state index contributed by atoms with van der Waals surface area (Å²) in [5, 5.41) is 0.815. The lowest BCUT2D eigenvalue weighted by atomic mass is 10.1. The first-order valence-corrected chi connectivity index (χ1v) is 12.3. The van der Waals surface area contributed by atoms with Crippen LogP contribution in [0, 0.1) is 0 Å². The van der Waals surface area contributed by atoms with Gasteiger partial charge in [-0.25, -0.2) is 0 Å². The van der Waals surface area contributed by atoms with Crippen LogP contribution in [0.4, 0.5) is 0 Å². The Hall–Kier alpha value is -2.16. The largest absolute Gasteiger partial charge is 0.495 e. The number of ether oxygens (including phenoxy) is 2. The molecule has 3 aromatic carbocycles. The molecule has 0 N–H and O–H groups in total. The Kier molecular flexibility index (Phi) is 8.51. The molecule has 0 aromatic heterocycles. The normalized spacial score (nSPS) is 12.2. The summed E-state index contributed by atoms with van der Waals surface area (Å²) in [7, 11) is 3.23. The average Bonchev–Trinajstić information content (AvgIpc) is 3.04. The summed E-state index contributed by atoms with van der Waals surface area (Å²) in [6, 6.07) is 18.4. The fourth-order valence-corrected chi connectivity index (χ4v) is 4.93. The van der Waals surface area contributed by atoms with Gasteiger partial charge in [0.05, 0.1) is 40.8 Å². The molecular formula is C24H20Br3NO4. The number of carbonyl (C=O) groups excluding carboxylic acids is 2. The summed E-state index contributed by atoms with van der Waals surface area (Å²) < 4.78 is 12.3. The van der Waals surface area contributed by atoms with Crippen molar-refractivity contribution in [1.29, 1.82) is 0 Å². The number of halogens is 3. The van der Waals surface area contributed by atoms with Gasteiger partial charge in [-0.05, 0) is 56.1 Å². The Morgan fingerprint density at radius 2 is 1.19 bits per heavy atom. The Bertz CT molecular complexity index is 1110. The van der Waals surface area contributed by atoms with E-state index in [1.54, 1.807) is 38.5 Å². The fraction of sp³-hybridized carbons (Fsp3) is 0.167. The molecule has 0 saturated carbocycles. The van der Waals surface area contributed by atoms with Gasteiger partial charge in [0.25, 0.3) is 11.8 Å². The second-order valence-corrected chi connectivity index (χ2v) is 9.01. The van der Waals surface area contributed by atoms with E-state index in [-0.39, 0.29) is 18.4 Å². The second-order valence-electron chi connectivity index (χ2n) is 6.74. The van der Waals surface area contributed by atoms with Crippen molar-refractivity contribution in [3.05, 3.63) is 91.9 Å². The van der Waals surface area contributed by atoms with Crippen LogP contribution in [-0.2, 0) is 11.9 Å². The molecule has 2 amide bonds. The van der Waals surface area contributed by atoms with Gasteiger partial charge in [-0.2, -0.15) is 0 Å². The van der Waals surface area contributed by atoms with Crippen molar-refractivity contribution in [1.82, 2.24) is 4.90 Å². The second kappa shape index (κ2) is 11.1. The van der Waals surface area contributed by atoms with Crippen LogP contribution >= 0.6 is 47.8 Å². The molecule has 0 bridgehead atoms. The van der Waals surface area contributed by atoms with E-state index in [1.165, 1.54) is 4.90 Å². The van der Waals surface area contributed by atoms with E-state index < -0.39 is 0 Å². The number of hydrogen-bond donors (Lipinski definition) is 0. The Morgan fingerprint density at radius 1 is 0.719 bits per heavy atom. The standard InChI is InChI=1S/C16H12BrNO3.C8H8Br2O/c1-21-14-10(5-4-8-13(14)17)9-18-15(19)11-6-2-3-7-12(11)16(18)20;1-11-8-6(5-9)3-2-4-7(8)10/h2-8H,9H2,1H3;2-4H,5H2,1H3. The number of rotatable bonds is 5. The Balaban J connectivity index is 0.000000222. The fourth-order valence-electron chi connectivity index (χ4n) is 3.35. The van der Waals surface area contributed by atoms with Gasteiger partial charge >= 0.3 is 0 Å². The third kappa shape index (κ3) is 5.08. The average molecular weight is 626 g/mol. The Labute approximate surface area is 212 Å². The number of alkyl halides is 1. The first-order valence-electron chi connectivity index (χ1n) is 9.56. The van der Waals surface area contributed by atoms with Crippen LogP contribution in [0.5, 0.6) is 11.5 Å². The predicted molar refractivity (Wildman–Crippen MR) is 135 cm³/mol. The lowest BCUT2D eigenvalue weighted by molar-refractivity contribution is 0.0641. The number of amides is 2. The molecule has 8 heteroatoms. The number of methoxy groups -OCH3 is 2. The number of benzene rings is 3. The highest BCUT2D eigenvalue weighted by Gasteiger charge is 2.35. The molecule has 0 radical (unpaired) electrons. The molecule has 5 nitrogen and oxygen atoms in total. The maximum Gasteiger partial charge on any atom is 0.261 e. The van der Waals surface area contributed by atoms with Gasteiger partial charge in [0.2, 0.25) is 0 Å². The highest BCUT2D eigenvalue weighted by atomic mass is 79.9. The van der Waals surface area contributed by atoms with Crippen LogP contribution in [0.3, 0.4) is 0 Å². The number of para-hydroxylation sites is 2. The van der Waals surface area contributed by atoms with Gasteiger partial charge in [0, 0.05) is 16.5 Å². The zero-order chi connectivity index (χ0) is 23.3. The summed E-state index contributed by atoms with van der Waals surface area (Å²) >= 11 is 10.2. The van der Waals surface area contributed by atoms with E-state index in [1.807, 2.05) is 36.4 Å². The van der Waals surface area contributed by atoms with E-state index in [0.717, 1.165) is 31.2 Å².